The molecule has 0 aliphatic rings. The van der Waals surface area contributed by atoms with Crippen molar-refractivity contribution in [1.29, 1.82) is 0 Å². The number of benzene rings is 1. The van der Waals surface area contributed by atoms with Crippen molar-refractivity contribution in [1.82, 2.24) is 0 Å². The van der Waals surface area contributed by atoms with Crippen molar-refractivity contribution >= 4 is 7.82 Å². The van der Waals surface area contributed by atoms with Crippen LogP contribution >= 0.6 is 7.82 Å². The lowest BCUT2D eigenvalue weighted by molar-refractivity contribution is 0.106. The summed E-state index contributed by atoms with van der Waals surface area (Å²) < 4.78 is 28.9. The first-order chi connectivity index (χ1) is 10.9. The molecule has 0 fully saturated rings. The fraction of sp³-hybridized carbons (Fsp3) is 0.647. The number of hydrogen-bond donors (Lipinski definition) is 1. The highest BCUT2D eigenvalue weighted by Crippen LogP contribution is 2.50. The van der Waals surface area contributed by atoms with Crippen LogP contribution in [-0.4, -0.2) is 18.3 Å². The minimum absolute atomic E-state index is 0.123. The van der Waals surface area contributed by atoms with Crippen LogP contribution in [0.1, 0.15) is 56.2 Å². The summed E-state index contributed by atoms with van der Waals surface area (Å²) in [5.41, 5.74) is 2.35. The van der Waals surface area contributed by atoms with E-state index in [2.05, 4.69) is 0 Å². The van der Waals surface area contributed by atoms with Gasteiger partial charge in [-0.15, -0.1) is 0 Å². The van der Waals surface area contributed by atoms with E-state index in [-0.39, 0.29) is 12.4 Å². The molecule has 0 aliphatic carbocycles. The number of aryl methyl sites for hydroxylation is 2. The van der Waals surface area contributed by atoms with Gasteiger partial charge in [0.15, 0.2) is 0 Å². The smallest absolute Gasteiger partial charge is 0.475 e. The van der Waals surface area contributed by atoms with Crippen LogP contribution < -0.4 is 0 Å². The number of phenolic OH excluding ortho intramolecular Hbond substituents is 1. The highest BCUT2D eigenvalue weighted by Gasteiger charge is 2.26. The number of unbranched alkanes of at least 4 members (excludes halogenated alkanes) is 2. The summed E-state index contributed by atoms with van der Waals surface area (Å²) in [6.45, 7) is 8.55. The molecule has 0 amide bonds. The van der Waals surface area contributed by atoms with Crippen molar-refractivity contribution in [3.63, 3.8) is 0 Å². The predicted molar refractivity (Wildman–Crippen MR) is 91.7 cm³/mol. The highest BCUT2D eigenvalue weighted by molar-refractivity contribution is 7.48. The number of phenols is 1. The lowest BCUT2D eigenvalue weighted by Crippen LogP contribution is -2.03. The topological polar surface area (TPSA) is 65.0 Å². The molecule has 0 saturated heterocycles. The van der Waals surface area contributed by atoms with Crippen molar-refractivity contribution in [2.75, 3.05) is 13.2 Å². The van der Waals surface area contributed by atoms with Crippen LogP contribution in [-0.2, 0) is 24.7 Å². The minimum atomic E-state index is -3.55. The largest absolute Gasteiger partial charge is 0.507 e. The van der Waals surface area contributed by atoms with Gasteiger partial charge in [0.05, 0.1) is 19.8 Å². The summed E-state index contributed by atoms with van der Waals surface area (Å²) in [4.78, 5) is 0. The van der Waals surface area contributed by atoms with E-state index < -0.39 is 7.82 Å². The molecule has 1 aromatic carbocycles. The Kier molecular flexibility index (Phi) is 8.85. The molecule has 1 aromatic rings. The number of hydrogen-bond acceptors (Lipinski definition) is 5. The predicted octanol–water partition coefficient (Wildman–Crippen LogP) is 5.27. The summed E-state index contributed by atoms with van der Waals surface area (Å²) >= 11 is 0. The molecule has 0 bridgehead atoms. The molecule has 1 rings (SSSR count). The maximum Gasteiger partial charge on any atom is 0.475 e. The Morgan fingerprint density at radius 2 is 1.43 bits per heavy atom. The molecule has 0 radical (unpaired) electrons. The van der Waals surface area contributed by atoms with Gasteiger partial charge in [0.2, 0.25) is 0 Å². The van der Waals surface area contributed by atoms with E-state index >= 15 is 0 Å². The average Bonchev–Trinajstić information content (AvgIpc) is 2.51. The first-order valence-electron chi connectivity index (χ1n) is 8.24. The normalized spacial score (nSPS) is 11.8. The Balaban J connectivity index is 2.70. The maximum atomic E-state index is 12.7. The monoisotopic (exact) mass is 344 g/mol. The van der Waals surface area contributed by atoms with E-state index in [1.807, 2.05) is 39.8 Å². The molecule has 0 aromatic heterocycles. The molecule has 0 aliphatic heterocycles. The Hall–Kier alpha value is -0.870. The standard InChI is InChI=1S/C17H29O5P/c1-5-7-9-20-23(19,21-10-8-6-2)22-13-16-11-14(3)17(18)15(4)12-16/h11-12,18H,5-10,13H2,1-4H3. The van der Waals surface area contributed by atoms with E-state index in [4.69, 9.17) is 13.6 Å². The van der Waals surface area contributed by atoms with Gasteiger partial charge in [-0.2, -0.15) is 0 Å². The summed E-state index contributed by atoms with van der Waals surface area (Å²) in [7, 11) is -3.55. The summed E-state index contributed by atoms with van der Waals surface area (Å²) in [6.07, 6.45) is 3.51. The van der Waals surface area contributed by atoms with Crippen LogP contribution in [0.3, 0.4) is 0 Å². The maximum absolute atomic E-state index is 12.7. The third kappa shape index (κ3) is 7.05. The van der Waals surface area contributed by atoms with Gasteiger partial charge in [-0.25, -0.2) is 4.57 Å². The van der Waals surface area contributed by atoms with Gasteiger partial charge >= 0.3 is 7.82 Å². The highest BCUT2D eigenvalue weighted by atomic mass is 31.2. The van der Waals surface area contributed by atoms with Crippen molar-refractivity contribution < 1.29 is 23.2 Å². The molecule has 6 heteroatoms. The van der Waals surface area contributed by atoms with Gasteiger partial charge in [-0.1, -0.05) is 38.8 Å². The van der Waals surface area contributed by atoms with Crippen LogP contribution in [0, 0.1) is 13.8 Å². The molecule has 0 atom stereocenters. The van der Waals surface area contributed by atoms with Crippen LogP contribution in [0.4, 0.5) is 0 Å². The Morgan fingerprint density at radius 1 is 0.957 bits per heavy atom. The second kappa shape index (κ2) is 10.1. The molecule has 132 valence electrons. The SMILES string of the molecule is CCCCOP(=O)(OCCCC)OCc1cc(C)c(O)c(C)c1. The number of phosphoric acid groups is 1. The lowest BCUT2D eigenvalue weighted by atomic mass is 10.1. The van der Waals surface area contributed by atoms with Crippen molar-refractivity contribution in [3.05, 3.63) is 28.8 Å². The van der Waals surface area contributed by atoms with E-state index in [0.717, 1.165) is 42.4 Å². The van der Waals surface area contributed by atoms with Gasteiger partial charge < -0.3 is 5.11 Å². The van der Waals surface area contributed by atoms with E-state index in [1.54, 1.807) is 0 Å². The number of rotatable bonds is 11. The molecule has 0 heterocycles. The zero-order chi connectivity index (χ0) is 17.3. The van der Waals surface area contributed by atoms with Crippen molar-refractivity contribution in [3.8, 4) is 5.75 Å². The second-order valence-corrected chi connectivity index (χ2v) is 7.34. The van der Waals surface area contributed by atoms with E-state index in [0.29, 0.717) is 13.2 Å². The fourth-order valence-corrected chi connectivity index (χ4v) is 3.27. The fourth-order valence-electron chi connectivity index (χ4n) is 2.04. The molecule has 0 unspecified atom stereocenters. The lowest BCUT2D eigenvalue weighted by Gasteiger charge is -2.18. The third-order valence-electron chi connectivity index (χ3n) is 3.43. The zero-order valence-electron chi connectivity index (χ0n) is 14.6. The van der Waals surface area contributed by atoms with Gasteiger partial charge in [-0.05, 0) is 43.4 Å². The van der Waals surface area contributed by atoms with Crippen molar-refractivity contribution in [2.24, 2.45) is 0 Å². The van der Waals surface area contributed by atoms with E-state index in [1.165, 1.54) is 0 Å². The first kappa shape index (κ1) is 20.2. The molecular formula is C17H29O5P. The van der Waals surface area contributed by atoms with Crippen LogP contribution in [0.25, 0.3) is 0 Å². The number of aromatic hydroxyl groups is 1. The molecular weight excluding hydrogens is 315 g/mol. The van der Waals surface area contributed by atoms with E-state index in [9.17, 15) is 9.67 Å². The molecule has 0 saturated carbocycles. The van der Waals surface area contributed by atoms with Crippen LogP contribution in [0.5, 0.6) is 5.75 Å². The average molecular weight is 344 g/mol. The number of phosphoric ester groups is 1. The minimum Gasteiger partial charge on any atom is -0.507 e. The summed E-state index contributed by atoms with van der Waals surface area (Å²) in [5, 5.41) is 9.80. The van der Waals surface area contributed by atoms with Crippen molar-refractivity contribution in [2.45, 2.75) is 60.0 Å². The Labute approximate surface area is 139 Å². The second-order valence-electron chi connectivity index (χ2n) is 5.67. The third-order valence-corrected chi connectivity index (χ3v) is 4.88. The van der Waals surface area contributed by atoms with Crippen LogP contribution in [0.2, 0.25) is 0 Å². The van der Waals surface area contributed by atoms with Crippen LogP contribution in [0.15, 0.2) is 12.1 Å². The zero-order valence-corrected chi connectivity index (χ0v) is 15.5. The molecule has 23 heavy (non-hydrogen) atoms. The van der Waals surface area contributed by atoms with Gasteiger partial charge in [0, 0.05) is 0 Å². The summed E-state index contributed by atoms with van der Waals surface area (Å²) in [6, 6.07) is 3.62. The first-order valence-corrected chi connectivity index (χ1v) is 9.70. The summed E-state index contributed by atoms with van der Waals surface area (Å²) in [5.74, 6) is 0.273. The molecule has 0 spiro atoms. The Bertz CT molecular complexity index is 493. The van der Waals surface area contributed by atoms with Gasteiger partial charge in [-0.3, -0.25) is 13.6 Å². The molecule has 1 N–H and O–H groups in total. The van der Waals surface area contributed by atoms with Gasteiger partial charge in [0.25, 0.3) is 0 Å². The van der Waals surface area contributed by atoms with Gasteiger partial charge in [0.1, 0.15) is 5.75 Å². The Morgan fingerprint density at radius 3 is 1.87 bits per heavy atom. The quantitative estimate of drug-likeness (QED) is 0.438. The molecule has 5 nitrogen and oxygen atoms in total.